The number of aromatic nitrogens is 1. The molecule has 0 bridgehead atoms. The van der Waals surface area contributed by atoms with E-state index >= 15 is 0 Å². The van der Waals surface area contributed by atoms with Crippen LogP contribution in [0.3, 0.4) is 0 Å². The number of thiazole rings is 1. The number of carbonyl (C=O) groups excluding carboxylic acids is 3. The number of esters is 1. The van der Waals surface area contributed by atoms with Gasteiger partial charge in [-0.3, -0.25) is 19.0 Å². The third kappa shape index (κ3) is 6.19. The highest BCUT2D eigenvalue weighted by molar-refractivity contribution is 7.14. The molecule has 0 spiro atoms. The number of nitrogens with two attached hydrogens (primary N) is 1. The van der Waals surface area contributed by atoms with E-state index in [9.17, 15) is 36.3 Å². The number of rotatable bonds is 8. The highest BCUT2D eigenvalue weighted by Gasteiger charge is 2.43. The van der Waals surface area contributed by atoms with Crippen LogP contribution in [-0.2, 0) is 27.5 Å². The number of allylic oxidation sites excluding steroid dienone is 4. The van der Waals surface area contributed by atoms with E-state index in [4.69, 9.17) is 10.5 Å². The van der Waals surface area contributed by atoms with Crippen molar-refractivity contribution in [3.05, 3.63) is 49.6 Å². The third-order valence-electron chi connectivity index (χ3n) is 5.37. The minimum Gasteiger partial charge on any atom is -0.443 e. The molecular weight excluding hydrogens is 557 g/mol. The fourth-order valence-corrected chi connectivity index (χ4v) is 5.47. The van der Waals surface area contributed by atoms with Crippen molar-refractivity contribution in [3.8, 4) is 0 Å². The first kappa shape index (κ1) is 29.2. The predicted molar refractivity (Wildman–Crippen MR) is 130 cm³/mol. The molecule has 1 aliphatic carbocycles. The van der Waals surface area contributed by atoms with Gasteiger partial charge in [-0.15, -0.1) is 22.7 Å². The summed E-state index contributed by atoms with van der Waals surface area (Å²) >= 11 is 1.97. The van der Waals surface area contributed by atoms with Gasteiger partial charge in [-0.05, 0) is 17.4 Å². The van der Waals surface area contributed by atoms with Crippen LogP contribution < -0.4 is 21.2 Å². The molecule has 0 saturated heterocycles. The summed E-state index contributed by atoms with van der Waals surface area (Å²) < 4.78 is 74.7. The zero-order valence-electron chi connectivity index (χ0n) is 20.0. The van der Waals surface area contributed by atoms with Crippen LogP contribution in [0.4, 0.5) is 27.0 Å². The second kappa shape index (κ2) is 12.0. The number of nitrogens with one attached hydrogen (secondary N) is 2. The van der Waals surface area contributed by atoms with Gasteiger partial charge in [-0.2, -0.15) is 18.2 Å². The van der Waals surface area contributed by atoms with Crippen LogP contribution in [0.15, 0.2) is 33.0 Å². The molecule has 38 heavy (non-hydrogen) atoms. The highest BCUT2D eigenvalue weighted by Crippen LogP contribution is 2.44. The number of hydrogen-bond acceptors (Lipinski definition) is 8. The molecule has 0 unspecified atom stereocenters. The summed E-state index contributed by atoms with van der Waals surface area (Å²) in [5, 5.41) is 8.70. The van der Waals surface area contributed by atoms with Crippen LogP contribution in [0.5, 0.6) is 0 Å². The standard InChI is InChI=1S/C22H22F5N5O4S2/c1-29-19(35)16-10(7-37-20(16)30-2)5-14(33)31-21-32(9-36-15(34)6-28)13(8-38-21)11-3-4-12(23)17(18(11)24)22(25,26)27/h7-8,30H,3-6,9,28H2,1-2H3,(H,29,35). The van der Waals surface area contributed by atoms with Gasteiger partial charge < -0.3 is 21.1 Å². The Hall–Kier alpha value is -3.37. The number of ether oxygens (including phenoxy) is 1. The number of halogens is 5. The van der Waals surface area contributed by atoms with Gasteiger partial charge in [0.1, 0.15) is 22.2 Å². The van der Waals surface area contributed by atoms with Crippen LogP contribution in [-0.4, -0.2) is 49.2 Å². The van der Waals surface area contributed by atoms with Crippen molar-refractivity contribution >= 4 is 51.0 Å². The monoisotopic (exact) mass is 579 g/mol. The molecule has 16 heteroatoms. The predicted octanol–water partition coefficient (Wildman–Crippen LogP) is 3.40. The molecular formula is C22H22F5N5O4S2. The molecule has 2 amide bonds. The molecule has 0 radical (unpaired) electrons. The molecule has 2 aromatic rings. The second-order valence-corrected chi connectivity index (χ2v) is 9.44. The second-order valence-electron chi connectivity index (χ2n) is 7.73. The number of hydrogen-bond donors (Lipinski definition) is 3. The van der Waals surface area contributed by atoms with Gasteiger partial charge in [0.05, 0.1) is 24.2 Å². The summed E-state index contributed by atoms with van der Waals surface area (Å²) in [4.78, 5) is 40.6. The van der Waals surface area contributed by atoms with Crippen molar-refractivity contribution < 1.29 is 41.1 Å². The van der Waals surface area contributed by atoms with Crippen LogP contribution in [0.25, 0.3) is 5.57 Å². The summed E-state index contributed by atoms with van der Waals surface area (Å²) in [6, 6.07) is 0. The van der Waals surface area contributed by atoms with E-state index in [1.165, 1.54) is 23.8 Å². The van der Waals surface area contributed by atoms with E-state index in [0.29, 0.717) is 10.6 Å². The van der Waals surface area contributed by atoms with Crippen molar-refractivity contribution in [2.75, 3.05) is 26.0 Å². The fourth-order valence-electron chi connectivity index (χ4n) is 3.63. The van der Waals surface area contributed by atoms with Gasteiger partial charge in [0.25, 0.3) is 11.8 Å². The first-order chi connectivity index (χ1) is 17.9. The van der Waals surface area contributed by atoms with Crippen LogP contribution >= 0.6 is 22.7 Å². The summed E-state index contributed by atoms with van der Waals surface area (Å²) in [6.45, 7) is -1.15. The Labute approximate surface area is 220 Å². The van der Waals surface area contributed by atoms with Crippen molar-refractivity contribution in [2.45, 2.75) is 32.2 Å². The first-order valence-corrected chi connectivity index (χ1v) is 12.7. The van der Waals surface area contributed by atoms with E-state index in [0.717, 1.165) is 15.9 Å². The number of amides is 2. The van der Waals surface area contributed by atoms with E-state index in [2.05, 4.69) is 15.6 Å². The number of nitrogens with zero attached hydrogens (tertiary/aromatic N) is 2. The van der Waals surface area contributed by atoms with Crippen molar-refractivity contribution in [1.29, 1.82) is 0 Å². The van der Waals surface area contributed by atoms with Crippen LogP contribution in [0.1, 0.15) is 34.5 Å². The lowest BCUT2D eigenvalue weighted by atomic mass is 9.95. The Morgan fingerprint density at radius 1 is 1.16 bits per heavy atom. The SMILES string of the molecule is CNC(=O)c1c(CC(=O)N=c2scc(C3=C(F)C(C(F)(F)F)=C(F)CC3)n2COC(=O)CN)csc1NC. The van der Waals surface area contributed by atoms with E-state index in [-0.39, 0.29) is 22.5 Å². The van der Waals surface area contributed by atoms with Crippen molar-refractivity contribution in [2.24, 2.45) is 10.7 Å². The largest absolute Gasteiger partial charge is 0.443 e. The molecule has 0 saturated carbocycles. The van der Waals surface area contributed by atoms with Gasteiger partial charge >= 0.3 is 12.1 Å². The quantitative estimate of drug-likeness (QED) is 0.325. The minimum absolute atomic E-state index is 0.121. The lowest BCUT2D eigenvalue weighted by Gasteiger charge is -2.21. The molecule has 0 aliphatic heterocycles. The molecule has 0 fully saturated rings. The molecule has 3 rings (SSSR count). The smallest absolute Gasteiger partial charge is 0.421 e. The van der Waals surface area contributed by atoms with Gasteiger partial charge in [-0.25, -0.2) is 8.78 Å². The molecule has 206 valence electrons. The lowest BCUT2D eigenvalue weighted by Crippen LogP contribution is -2.26. The summed E-state index contributed by atoms with van der Waals surface area (Å²) in [5.41, 5.74) is 3.20. The maximum Gasteiger partial charge on any atom is 0.421 e. The van der Waals surface area contributed by atoms with Gasteiger partial charge in [0.15, 0.2) is 11.5 Å². The maximum atomic E-state index is 14.9. The minimum atomic E-state index is -5.27. The third-order valence-corrected chi connectivity index (χ3v) is 7.28. The van der Waals surface area contributed by atoms with E-state index in [1.807, 2.05) is 0 Å². The molecule has 1 aliphatic rings. The first-order valence-electron chi connectivity index (χ1n) is 10.9. The molecule has 4 N–H and O–H groups in total. The van der Waals surface area contributed by atoms with Crippen LogP contribution in [0, 0.1) is 0 Å². The number of carbonyl (C=O) groups is 3. The Morgan fingerprint density at radius 2 is 1.87 bits per heavy atom. The summed E-state index contributed by atoms with van der Waals surface area (Å²) in [6.07, 6.45) is -6.69. The highest BCUT2D eigenvalue weighted by atomic mass is 32.1. The Kier molecular flexibility index (Phi) is 9.22. The fraction of sp³-hybridized carbons (Fsp3) is 0.364. The normalized spacial score (nSPS) is 14.7. The van der Waals surface area contributed by atoms with Crippen LogP contribution in [0.2, 0.25) is 0 Å². The number of alkyl halides is 3. The average Bonchev–Trinajstić information content (AvgIpc) is 3.44. The van der Waals surface area contributed by atoms with Crippen molar-refractivity contribution in [3.63, 3.8) is 0 Å². The summed E-state index contributed by atoms with van der Waals surface area (Å²) in [5.74, 6) is -5.47. The number of anilines is 1. The maximum absolute atomic E-state index is 14.9. The number of thiophene rings is 1. The van der Waals surface area contributed by atoms with Gasteiger partial charge in [0, 0.05) is 31.5 Å². The molecule has 0 atom stereocenters. The molecule has 9 nitrogen and oxygen atoms in total. The Morgan fingerprint density at radius 3 is 2.47 bits per heavy atom. The van der Waals surface area contributed by atoms with Gasteiger partial charge in [-0.1, -0.05) is 0 Å². The summed E-state index contributed by atoms with van der Waals surface area (Å²) in [7, 11) is 3.04. The average molecular weight is 580 g/mol. The zero-order valence-corrected chi connectivity index (χ0v) is 21.6. The van der Waals surface area contributed by atoms with Gasteiger partial charge in [0.2, 0.25) is 0 Å². The Bertz CT molecular complexity index is 1390. The van der Waals surface area contributed by atoms with E-state index < -0.39 is 72.9 Å². The molecule has 2 aromatic heterocycles. The zero-order chi connectivity index (χ0) is 28.2. The Balaban J connectivity index is 2.06. The molecule has 2 heterocycles. The topological polar surface area (TPSA) is 128 Å². The van der Waals surface area contributed by atoms with Crippen molar-refractivity contribution in [1.82, 2.24) is 9.88 Å². The lowest BCUT2D eigenvalue weighted by molar-refractivity contribution is -0.145. The van der Waals surface area contributed by atoms with E-state index in [1.54, 1.807) is 12.4 Å². The molecule has 0 aromatic carbocycles.